The smallest absolute Gasteiger partial charge is 0.0454 e. The molecule has 1 aromatic rings. The van der Waals surface area contributed by atoms with Crippen LogP contribution in [0.2, 0.25) is 5.02 Å². The summed E-state index contributed by atoms with van der Waals surface area (Å²) in [6, 6.07) is 6.41. The van der Waals surface area contributed by atoms with Gasteiger partial charge in [0.15, 0.2) is 0 Å². The Morgan fingerprint density at radius 2 is 2.06 bits per heavy atom. The number of rotatable bonds is 6. The highest BCUT2D eigenvalue weighted by molar-refractivity contribution is 9.10. The van der Waals surface area contributed by atoms with Crippen LogP contribution < -0.4 is 5.32 Å². The Labute approximate surface area is 118 Å². The number of hydrogen-bond acceptors (Lipinski definition) is 1. The minimum absolute atomic E-state index is 0.338. The maximum absolute atomic E-state index is 6.31. The number of hydrogen-bond donors (Lipinski definition) is 1. The van der Waals surface area contributed by atoms with E-state index in [0.29, 0.717) is 12.0 Å². The maximum Gasteiger partial charge on any atom is 0.0454 e. The lowest BCUT2D eigenvalue weighted by atomic mass is 9.91. The Kier molecular flexibility index (Phi) is 6.53. The van der Waals surface area contributed by atoms with Crippen molar-refractivity contribution >= 4 is 27.5 Å². The molecule has 1 N–H and O–H groups in total. The van der Waals surface area contributed by atoms with Gasteiger partial charge in [0.25, 0.3) is 0 Å². The molecule has 2 unspecified atom stereocenters. The van der Waals surface area contributed by atoms with Crippen molar-refractivity contribution in [1.82, 2.24) is 5.32 Å². The van der Waals surface area contributed by atoms with Crippen LogP contribution in [0.25, 0.3) is 0 Å². The quantitative estimate of drug-likeness (QED) is 0.761. The fraction of sp³-hybridized carbons (Fsp3) is 0.571. The van der Waals surface area contributed by atoms with E-state index in [2.05, 4.69) is 48.1 Å². The molecule has 0 bridgehead atoms. The Hall–Kier alpha value is -0.0500. The first kappa shape index (κ1) is 15.0. The fourth-order valence-electron chi connectivity index (χ4n) is 2.21. The third-order valence-electron chi connectivity index (χ3n) is 3.03. The molecule has 0 saturated carbocycles. The zero-order valence-electron chi connectivity index (χ0n) is 10.8. The monoisotopic (exact) mass is 317 g/mol. The normalized spacial score (nSPS) is 14.6. The molecule has 0 saturated heterocycles. The van der Waals surface area contributed by atoms with Crippen LogP contribution in [0, 0.1) is 5.92 Å². The third-order valence-corrected chi connectivity index (χ3v) is 3.87. The molecule has 1 nitrogen and oxygen atoms in total. The second-order valence-electron chi connectivity index (χ2n) is 4.47. The van der Waals surface area contributed by atoms with Gasteiger partial charge in [-0.25, -0.2) is 0 Å². The summed E-state index contributed by atoms with van der Waals surface area (Å²) in [6.45, 7) is 7.61. The van der Waals surface area contributed by atoms with Crippen LogP contribution in [-0.2, 0) is 0 Å². The predicted octanol–water partition coefficient (Wildman–Crippen LogP) is 5.19. The molecule has 0 radical (unpaired) electrons. The molecule has 0 amide bonds. The van der Waals surface area contributed by atoms with Gasteiger partial charge < -0.3 is 5.32 Å². The SMILES string of the molecule is CCCC(C)C(NCC)c1cc(Br)ccc1Cl. The lowest BCUT2D eigenvalue weighted by Gasteiger charge is -2.26. The average molecular weight is 319 g/mol. The van der Waals surface area contributed by atoms with Gasteiger partial charge in [-0.1, -0.05) is 54.7 Å². The van der Waals surface area contributed by atoms with Crippen LogP contribution in [0.5, 0.6) is 0 Å². The first-order valence-electron chi connectivity index (χ1n) is 6.28. The van der Waals surface area contributed by atoms with Gasteiger partial charge in [0.1, 0.15) is 0 Å². The van der Waals surface area contributed by atoms with E-state index in [0.717, 1.165) is 16.0 Å². The Morgan fingerprint density at radius 1 is 1.35 bits per heavy atom. The van der Waals surface area contributed by atoms with E-state index in [1.165, 1.54) is 18.4 Å². The first-order chi connectivity index (χ1) is 8.10. The summed E-state index contributed by atoms with van der Waals surface area (Å²) in [5.41, 5.74) is 1.20. The van der Waals surface area contributed by atoms with Crippen LogP contribution in [0.15, 0.2) is 22.7 Å². The molecule has 0 aliphatic carbocycles. The minimum atomic E-state index is 0.338. The summed E-state index contributed by atoms with van der Waals surface area (Å²) < 4.78 is 1.09. The van der Waals surface area contributed by atoms with Crippen molar-refractivity contribution in [2.24, 2.45) is 5.92 Å². The van der Waals surface area contributed by atoms with Gasteiger partial charge in [0.2, 0.25) is 0 Å². The molecular weight excluding hydrogens is 298 g/mol. The third kappa shape index (κ3) is 4.27. The van der Waals surface area contributed by atoms with E-state index in [1.807, 2.05) is 12.1 Å². The van der Waals surface area contributed by atoms with Crippen LogP contribution in [0.1, 0.15) is 45.2 Å². The standard InChI is InChI=1S/C14H21BrClN/c1-4-6-10(3)14(17-5-2)12-9-11(15)7-8-13(12)16/h7-10,14,17H,4-6H2,1-3H3. The van der Waals surface area contributed by atoms with Crippen molar-refractivity contribution in [2.45, 2.75) is 39.7 Å². The molecule has 17 heavy (non-hydrogen) atoms. The van der Waals surface area contributed by atoms with E-state index in [-0.39, 0.29) is 0 Å². The van der Waals surface area contributed by atoms with Crippen molar-refractivity contribution in [3.63, 3.8) is 0 Å². The molecule has 96 valence electrons. The second kappa shape index (κ2) is 7.40. The van der Waals surface area contributed by atoms with Crippen molar-refractivity contribution in [1.29, 1.82) is 0 Å². The average Bonchev–Trinajstić information content (AvgIpc) is 2.30. The molecule has 0 aliphatic heterocycles. The van der Waals surface area contributed by atoms with Gasteiger partial charge in [-0.15, -0.1) is 0 Å². The zero-order valence-corrected chi connectivity index (χ0v) is 13.1. The molecule has 0 aromatic heterocycles. The van der Waals surface area contributed by atoms with Crippen molar-refractivity contribution < 1.29 is 0 Å². The van der Waals surface area contributed by atoms with Gasteiger partial charge in [-0.05, 0) is 42.6 Å². The van der Waals surface area contributed by atoms with Gasteiger partial charge in [0.05, 0.1) is 0 Å². The zero-order chi connectivity index (χ0) is 12.8. The molecule has 0 heterocycles. The summed E-state index contributed by atoms with van der Waals surface area (Å²) in [5.74, 6) is 0.590. The topological polar surface area (TPSA) is 12.0 Å². The molecule has 1 rings (SSSR count). The van der Waals surface area contributed by atoms with Gasteiger partial charge in [0, 0.05) is 15.5 Å². The molecule has 0 spiro atoms. The van der Waals surface area contributed by atoms with Gasteiger partial charge in [-0.2, -0.15) is 0 Å². The van der Waals surface area contributed by atoms with Crippen molar-refractivity contribution in [3.05, 3.63) is 33.3 Å². The summed E-state index contributed by atoms with van der Waals surface area (Å²) in [5, 5.41) is 4.40. The molecular formula is C14H21BrClN. The predicted molar refractivity (Wildman–Crippen MR) is 79.6 cm³/mol. The van der Waals surface area contributed by atoms with Crippen LogP contribution in [-0.4, -0.2) is 6.54 Å². The lowest BCUT2D eigenvalue weighted by molar-refractivity contribution is 0.369. The van der Waals surface area contributed by atoms with E-state index < -0.39 is 0 Å². The second-order valence-corrected chi connectivity index (χ2v) is 5.79. The van der Waals surface area contributed by atoms with Crippen LogP contribution in [0.4, 0.5) is 0 Å². The fourth-order valence-corrected chi connectivity index (χ4v) is 2.83. The van der Waals surface area contributed by atoms with Crippen molar-refractivity contribution in [2.75, 3.05) is 6.54 Å². The maximum atomic E-state index is 6.31. The molecule has 3 heteroatoms. The number of halogens is 2. The largest absolute Gasteiger partial charge is 0.310 e. The van der Waals surface area contributed by atoms with E-state index in [1.54, 1.807) is 0 Å². The first-order valence-corrected chi connectivity index (χ1v) is 7.45. The molecule has 0 aliphatic rings. The summed E-state index contributed by atoms with van der Waals surface area (Å²) in [7, 11) is 0. The summed E-state index contributed by atoms with van der Waals surface area (Å²) in [6.07, 6.45) is 2.41. The number of nitrogens with one attached hydrogen (secondary N) is 1. The lowest BCUT2D eigenvalue weighted by Crippen LogP contribution is -2.27. The van der Waals surface area contributed by atoms with Gasteiger partial charge >= 0.3 is 0 Å². The highest BCUT2D eigenvalue weighted by Gasteiger charge is 2.20. The van der Waals surface area contributed by atoms with E-state index in [9.17, 15) is 0 Å². The van der Waals surface area contributed by atoms with Crippen LogP contribution in [0.3, 0.4) is 0 Å². The summed E-state index contributed by atoms with van der Waals surface area (Å²) in [4.78, 5) is 0. The highest BCUT2D eigenvalue weighted by atomic mass is 79.9. The molecule has 0 fully saturated rings. The number of benzene rings is 1. The Balaban J connectivity index is 2.99. The Morgan fingerprint density at radius 3 is 2.65 bits per heavy atom. The van der Waals surface area contributed by atoms with Crippen LogP contribution >= 0.6 is 27.5 Å². The van der Waals surface area contributed by atoms with E-state index in [4.69, 9.17) is 11.6 Å². The highest BCUT2D eigenvalue weighted by Crippen LogP contribution is 2.32. The molecule has 2 atom stereocenters. The minimum Gasteiger partial charge on any atom is -0.310 e. The summed E-state index contributed by atoms with van der Waals surface area (Å²) >= 11 is 9.83. The van der Waals surface area contributed by atoms with Gasteiger partial charge in [-0.3, -0.25) is 0 Å². The van der Waals surface area contributed by atoms with E-state index >= 15 is 0 Å². The Bertz CT molecular complexity index is 354. The van der Waals surface area contributed by atoms with Crippen molar-refractivity contribution in [3.8, 4) is 0 Å². The molecule has 1 aromatic carbocycles.